The average Bonchev–Trinajstić information content (AvgIpc) is 2.45. The summed E-state index contributed by atoms with van der Waals surface area (Å²) in [5.74, 6) is 0.698. The number of ether oxygens (including phenoxy) is 1. The number of aliphatic hydroxyl groups excluding tert-OH is 2. The average molecular weight is 252 g/mol. The van der Waals surface area contributed by atoms with Crippen LogP contribution >= 0.6 is 0 Å². The molecule has 5 heteroatoms. The van der Waals surface area contributed by atoms with Crippen LogP contribution in [-0.2, 0) is 13.2 Å². The van der Waals surface area contributed by atoms with Crippen molar-refractivity contribution in [1.29, 1.82) is 0 Å². The van der Waals surface area contributed by atoms with Crippen LogP contribution in [0.5, 0.6) is 5.75 Å². The normalized spacial score (nSPS) is 16.8. The van der Waals surface area contributed by atoms with Crippen molar-refractivity contribution in [2.24, 2.45) is 0 Å². The summed E-state index contributed by atoms with van der Waals surface area (Å²) in [6, 6.07) is 5.39. The first-order valence-electron chi connectivity index (χ1n) is 6.22. The molecule has 0 amide bonds. The Morgan fingerprint density at radius 2 is 1.67 bits per heavy atom. The van der Waals surface area contributed by atoms with E-state index in [1.54, 1.807) is 18.2 Å². The lowest BCUT2D eigenvalue weighted by Gasteiger charge is -2.27. The summed E-state index contributed by atoms with van der Waals surface area (Å²) >= 11 is 0. The maximum absolute atomic E-state index is 9.14. The van der Waals surface area contributed by atoms with Crippen LogP contribution in [0.2, 0.25) is 0 Å². The number of piperazine rings is 1. The summed E-state index contributed by atoms with van der Waals surface area (Å²) in [7, 11) is 0. The molecule has 0 aliphatic carbocycles. The first-order chi connectivity index (χ1) is 8.81. The van der Waals surface area contributed by atoms with Gasteiger partial charge in [0.2, 0.25) is 0 Å². The van der Waals surface area contributed by atoms with Gasteiger partial charge < -0.3 is 20.3 Å². The molecule has 3 N–H and O–H groups in total. The van der Waals surface area contributed by atoms with Crippen LogP contribution in [0.3, 0.4) is 0 Å². The number of aliphatic hydroxyl groups is 2. The minimum absolute atomic E-state index is 0.0438. The van der Waals surface area contributed by atoms with Crippen LogP contribution in [0.25, 0.3) is 0 Å². The van der Waals surface area contributed by atoms with Gasteiger partial charge in [0, 0.05) is 26.2 Å². The van der Waals surface area contributed by atoms with Gasteiger partial charge >= 0.3 is 0 Å². The van der Waals surface area contributed by atoms with E-state index >= 15 is 0 Å². The van der Waals surface area contributed by atoms with E-state index in [-0.39, 0.29) is 13.2 Å². The van der Waals surface area contributed by atoms with Gasteiger partial charge in [-0.2, -0.15) is 0 Å². The first-order valence-corrected chi connectivity index (χ1v) is 6.22. The van der Waals surface area contributed by atoms with Crippen molar-refractivity contribution in [1.82, 2.24) is 10.2 Å². The van der Waals surface area contributed by atoms with E-state index < -0.39 is 0 Å². The van der Waals surface area contributed by atoms with Crippen LogP contribution in [-0.4, -0.2) is 48.0 Å². The number of nitrogens with one attached hydrogen (secondary N) is 1. The van der Waals surface area contributed by atoms with Gasteiger partial charge in [-0.3, -0.25) is 4.90 Å². The molecule has 100 valence electrons. The zero-order valence-corrected chi connectivity index (χ0v) is 10.4. The fraction of sp³-hybridized carbons (Fsp3) is 0.538. The van der Waals surface area contributed by atoms with Gasteiger partial charge in [-0.05, 0) is 23.3 Å². The lowest BCUT2D eigenvalue weighted by molar-refractivity contribution is 0.112. The summed E-state index contributed by atoms with van der Waals surface area (Å²) in [6.45, 7) is 4.39. The molecular formula is C13H20N2O3. The molecule has 0 atom stereocenters. The number of nitrogens with zero attached hydrogens (tertiary/aromatic N) is 1. The lowest BCUT2D eigenvalue weighted by atomic mass is 10.1. The monoisotopic (exact) mass is 252 g/mol. The molecule has 1 aromatic rings. The number of benzene rings is 1. The molecule has 0 bridgehead atoms. The lowest BCUT2D eigenvalue weighted by Crippen LogP contribution is -2.44. The summed E-state index contributed by atoms with van der Waals surface area (Å²) < 4.78 is 5.71. The molecule has 1 aliphatic heterocycles. The highest BCUT2D eigenvalue weighted by atomic mass is 16.5. The van der Waals surface area contributed by atoms with Crippen molar-refractivity contribution in [2.45, 2.75) is 13.2 Å². The van der Waals surface area contributed by atoms with Gasteiger partial charge in [-0.15, -0.1) is 0 Å². The second kappa shape index (κ2) is 6.70. The second-order valence-electron chi connectivity index (χ2n) is 4.44. The Morgan fingerprint density at radius 1 is 1.06 bits per heavy atom. The van der Waals surface area contributed by atoms with E-state index in [4.69, 9.17) is 14.9 Å². The van der Waals surface area contributed by atoms with Gasteiger partial charge in [-0.25, -0.2) is 0 Å². The Bertz CT molecular complexity index is 356. The van der Waals surface area contributed by atoms with E-state index in [0.29, 0.717) is 12.5 Å². The fourth-order valence-corrected chi connectivity index (χ4v) is 2.00. The SMILES string of the molecule is OCc1cc(CO)cc(OCN2CCNCC2)c1. The van der Waals surface area contributed by atoms with Crippen molar-refractivity contribution >= 4 is 0 Å². The number of rotatable bonds is 5. The third-order valence-corrected chi connectivity index (χ3v) is 3.01. The third-order valence-electron chi connectivity index (χ3n) is 3.01. The van der Waals surface area contributed by atoms with Crippen LogP contribution in [0.1, 0.15) is 11.1 Å². The Morgan fingerprint density at radius 3 is 2.22 bits per heavy atom. The maximum atomic E-state index is 9.14. The van der Waals surface area contributed by atoms with Crippen molar-refractivity contribution < 1.29 is 14.9 Å². The first kappa shape index (κ1) is 13.3. The summed E-state index contributed by atoms with van der Waals surface area (Å²) in [5.41, 5.74) is 1.52. The predicted octanol–water partition coefficient (Wildman–Crippen LogP) is -0.0873. The number of hydrogen-bond acceptors (Lipinski definition) is 5. The molecule has 1 fully saturated rings. The fourth-order valence-electron chi connectivity index (χ4n) is 2.00. The standard InChI is InChI=1S/C13H20N2O3/c16-8-11-5-12(9-17)7-13(6-11)18-10-15-3-1-14-2-4-15/h5-7,14,16-17H,1-4,8-10H2. The topological polar surface area (TPSA) is 65.0 Å². The molecule has 18 heavy (non-hydrogen) atoms. The molecule has 0 unspecified atom stereocenters. The van der Waals surface area contributed by atoms with Gasteiger partial charge in [0.15, 0.2) is 0 Å². The van der Waals surface area contributed by atoms with Gasteiger partial charge in [-0.1, -0.05) is 6.07 Å². The van der Waals surface area contributed by atoms with Gasteiger partial charge in [0.25, 0.3) is 0 Å². The van der Waals surface area contributed by atoms with Gasteiger partial charge in [0.1, 0.15) is 12.5 Å². The minimum atomic E-state index is -0.0438. The van der Waals surface area contributed by atoms with Crippen molar-refractivity contribution in [3.63, 3.8) is 0 Å². The van der Waals surface area contributed by atoms with Crippen LogP contribution in [0.4, 0.5) is 0 Å². The summed E-state index contributed by atoms with van der Waals surface area (Å²) in [6.07, 6.45) is 0. The second-order valence-corrected chi connectivity index (χ2v) is 4.44. The molecule has 0 saturated carbocycles. The predicted molar refractivity (Wildman–Crippen MR) is 68.2 cm³/mol. The van der Waals surface area contributed by atoms with E-state index in [1.165, 1.54) is 0 Å². The molecule has 5 nitrogen and oxygen atoms in total. The highest BCUT2D eigenvalue weighted by Crippen LogP contribution is 2.18. The molecule has 1 aromatic carbocycles. The highest BCUT2D eigenvalue weighted by Gasteiger charge is 2.10. The molecule has 0 spiro atoms. The van der Waals surface area contributed by atoms with E-state index in [1.807, 2.05) is 0 Å². The van der Waals surface area contributed by atoms with Crippen molar-refractivity contribution in [3.05, 3.63) is 29.3 Å². The van der Waals surface area contributed by atoms with Crippen LogP contribution < -0.4 is 10.1 Å². The van der Waals surface area contributed by atoms with Crippen molar-refractivity contribution in [3.8, 4) is 5.75 Å². The Labute approximate surface area is 107 Å². The van der Waals surface area contributed by atoms with E-state index in [9.17, 15) is 0 Å². The molecule has 1 aliphatic rings. The summed E-state index contributed by atoms with van der Waals surface area (Å²) in [4.78, 5) is 2.22. The molecule has 1 heterocycles. The zero-order chi connectivity index (χ0) is 12.8. The minimum Gasteiger partial charge on any atom is -0.478 e. The largest absolute Gasteiger partial charge is 0.478 e. The number of hydrogen-bond donors (Lipinski definition) is 3. The van der Waals surface area contributed by atoms with Crippen LogP contribution in [0, 0.1) is 0 Å². The van der Waals surface area contributed by atoms with E-state index in [2.05, 4.69) is 10.2 Å². The maximum Gasteiger partial charge on any atom is 0.142 e. The Kier molecular flexibility index (Phi) is 4.95. The highest BCUT2D eigenvalue weighted by molar-refractivity contribution is 5.33. The van der Waals surface area contributed by atoms with Crippen LogP contribution in [0.15, 0.2) is 18.2 Å². The molecule has 0 aromatic heterocycles. The third kappa shape index (κ3) is 3.68. The molecule has 1 saturated heterocycles. The molecule has 2 rings (SSSR count). The smallest absolute Gasteiger partial charge is 0.142 e. The van der Waals surface area contributed by atoms with E-state index in [0.717, 1.165) is 37.3 Å². The Balaban J connectivity index is 1.94. The molecule has 0 radical (unpaired) electrons. The Hall–Kier alpha value is -1.14. The molecular weight excluding hydrogens is 232 g/mol. The quantitative estimate of drug-likeness (QED) is 0.684. The summed E-state index contributed by atoms with van der Waals surface area (Å²) in [5, 5.41) is 21.6. The zero-order valence-electron chi connectivity index (χ0n) is 10.4. The van der Waals surface area contributed by atoms with Crippen molar-refractivity contribution in [2.75, 3.05) is 32.9 Å². The van der Waals surface area contributed by atoms with Gasteiger partial charge in [0.05, 0.1) is 13.2 Å².